The number of nitrogens with two attached hydrogens (primary N) is 1. The van der Waals surface area contributed by atoms with E-state index >= 15 is 0 Å². The van der Waals surface area contributed by atoms with Crippen LogP contribution in [0.5, 0.6) is 0 Å². The number of nitrogens with zero attached hydrogens (tertiary/aromatic N) is 4. The second-order valence-electron chi connectivity index (χ2n) is 4.31. The van der Waals surface area contributed by atoms with Crippen LogP contribution in [0.1, 0.15) is 11.4 Å². The van der Waals surface area contributed by atoms with Crippen molar-refractivity contribution in [2.24, 2.45) is 7.05 Å². The average Bonchev–Trinajstić information content (AvgIpc) is 2.58. The normalized spacial score (nSPS) is 11.5. The van der Waals surface area contributed by atoms with Gasteiger partial charge in [-0.2, -0.15) is 5.10 Å². The maximum atomic E-state index is 5.95. The second kappa shape index (κ2) is 3.16. The summed E-state index contributed by atoms with van der Waals surface area (Å²) >= 11 is 0. The molecular formula is C12H13N5. The predicted molar refractivity (Wildman–Crippen MR) is 67.7 cm³/mol. The molecule has 3 rings (SSSR count). The Morgan fingerprint density at radius 1 is 1.24 bits per heavy atom. The van der Waals surface area contributed by atoms with Crippen LogP contribution < -0.4 is 5.73 Å². The van der Waals surface area contributed by atoms with Gasteiger partial charge >= 0.3 is 0 Å². The van der Waals surface area contributed by atoms with Gasteiger partial charge < -0.3 is 5.73 Å². The minimum absolute atomic E-state index is 0.519. The van der Waals surface area contributed by atoms with Crippen LogP contribution >= 0.6 is 0 Å². The lowest BCUT2D eigenvalue weighted by Crippen LogP contribution is -1.96. The molecule has 5 nitrogen and oxygen atoms in total. The number of aryl methyl sites for hydroxylation is 3. The fraction of sp³-hybridized carbons (Fsp3) is 0.250. The van der Waals surface area contributed by atoms with Gasteiger partial charge in [0, 0.05) is 30.0 Å². The molecule has 0 aromatic carbocycles. The largest absolute Gasteiger partial charge is 0.383 e. The van der Waals surface area contributed by atoms with Crippen molar-refractivity contribution in [2.45, 2.75) is 13.8 Å². The van der Waals surface area contributed by atoms with Crippen LogP contribution in [0.15, 0.2) is 12.3 Å². The summed E-state index contributed by atoms with van der Waals surface area (Å²) in [6.07, 6.45) is 1.89. The van der Waals surface area contributed by atoms with Crippen LogP contribution in [0, 0.1) is 13.8 Å². The van der Waals surface area contributed by atoms with Gasteiger partial charge in [-0.1, -0.05) is 0 Å². The highest BCUT2D eigenvalue weighted by molar-refractivity contribution is 6.08. The van der Waals surface area contributed by atoms with Crippen LogP contribution in [0.3, 0.4) is 0 Å². The Balaban J connectivity index is 2.62. The summed E-state index contributed by atoms with van der Waals surface area (Å²) in [5.41, 5.74) is 9.57. The molecule has 3 heterocycles. The Hall–Kier alpha value is -2.17. The first-order chi connectivity index (χ1) is 8.06. The summed E-state index contributed by atoms with van der Waals surface area (Å²) in [4.78, 5) is 8.88. The van der Waals surface area contributed by atoms with Gasteiger partial charge in [-0.25, -0.2) is 4.98 Å². The maximum Gasteiger partial charge on any atom is 0.135 e. The molecule has 86 valence electrons. The first-order valence-corrected chi connectivity index (χ1v) is 5.43. The Morgan fingerprint density at radius 3 is 2.76 bits per heavy atom. The van der Waals surface area contributed by atoms with E-state index in [-0.39, 0.29) is 0 Å². The number of fused-ring (bicyclic) bond motifs is 3. The van der Waals surface area contributed by atoms with Gasteiger partial charge in [0.25, 0.3) is 0 Å². The lowest BCUT2D eigenvalue weighted by Gasteiger charge is -2.05. The summed E-state index contributed by atoms with van der Waals surface area (Å²) in [7, 11) is 1.88. The molecule has 3 aromatic rings. The third-order valence-corrected chi connectivity index (χ3v) is 2.89. The molecule has 17 heavy (non-hydrogen) atoms. The standard InChI is InChI=1S/C12H13N5/c1-6-4-9-10(7(2)14-6)11-8(12(13)15-9)5-17(3)16-11/h4-5H,1-3H3,(H2,13,15). The summed E-state index contributed by atoms with van der Waals surface area (Å²) < 4.78 is 1.75. The topological polar surface area (TPSA) is 69.6 Å². The minimum Gasteiger partial charge on any atom is -0.383 e. The molecule has 0 saturated heterocycles. The molecule has 0 amide bonds. The molecule has 0 fully saturated rings. The number of aromatic nitrogens is 4. The van der Waals surface area contributed by atoms with Crippen LogP contribution in [0.4, 0.5) is 5.82 Å². The zero-order chi connectivity index (χ0) is 12.2. The molecular weight excluding hydrogens is 214 g/mol. The van der Waals surface area contributed by atoms with Crippen LogP contribution in [-0.4, -0.2) is 19.7 Å². The quantitative estimate of drug-likeness (QED) is 0.634. The van der Waals surface area contributed by atoms with Gasteiger partial charge in [0.15, 0.2) is 0 Å². The molecule has 0 radical (unpaired) electrons. The predicted octanol–water partition coefficient (Wildman–Crippen LogP) is 1.72. The number of nitrogen functional groups attached to an aromatic ring is 1. The lowest BCUT2D eigenvalue weighted by molar-refractivity contribution is 0.780. The van der Waals surface area contributed by atoms with Crippen molar-refractivity contribution in [2.75, 3.05) is 5.73 Å². The Labute approximate surface area is 98.3 Å². The Kier molecular flexibility index (Phi) is 1.86. The maximum absolute atomic E-state index is 5.95. The zero-order valence-electron chi connectivity index (χ0n) is 10.0. The smallest absolute Gasteiger partial charge is 0.135 e. The third kappa shape index (κ3) is 1.35. The number of hydrogen-bond donors (Lipinski definition) is 1. The molecule has 0 aliphatic rings. The van der Waals surface area contributed by atoms with E-state index in [0.29, 0.717) is 5.82 Å². The average molecular weight is 227 g/mol. The molecule has 2 N–H and O–H groups in total. The van der Waals surface area contributed by atoms with Gasteiger partial charge in [-0.3, -0.25) is 9.67 Å². The Bertz CT molecular complexity index is 742. The van der Waals surface area contributed by atoms with E-state index in [1.807, 2.05) is 33.2 Å². The molecule has 0 bridgehead atoms. The molecule has 0 spiro atoms. The van der Waals surface area contributed by atoms with Crippen LogP contribution in [0.2, 0.25) is 0 Å². The van der Waals surface area contributed by atoms with E-state index < -0.39 is 0 Å². The van der Waals surface area contributed by atoms with Crippen LogP contribution in [0.25, 0.3) is 21.8 Å². The summed E-state index contributed by atoms with van der Waals surface area (Å²) in [6, 6.07) is 1.94. The van der Waals surface area contributed by atoms with Crippen molar-refractivity contribution >= 4 is 27.6 Å². The molecule has 0 aliphatic carbocycles. The number of hydrogen-bond acceptors (Lipinski definition) is 4. The van der Waals surface area contributed by atoms with E-state index in [4.69, 9.17) is 5.73 Å². The van der Waals surface area contributed by atoms with Crippen molar-refractivity contribution in [1.29, 1.82) is 0 Å². The van der Waals surface area contributed by atoms with E-state index in [9.17, 15) is 0 Å². The monoisotopic (exact) mass is 227 g/mol. The highest BCUT2D eigenvalue weighted by Gasteiger charge is 2.12. The summed E-state index contributed by atoms with van der Waals surface area (Å²) in [6.45, 7) is 3.92. The van der Waals surface area contributed by atoms with Crippen molar-refractivity contribution < 1.29 is 0 Å². The molecule has 0 saturated carbocycles. The van der Waals surface area contributed by atoms with Crippen molar-refractivity contribution in [3.8, 4) is 0 Å². The summed E-state index contributed by atoms with van der Waals surface area (Å²) in [5, 5.41) is 6.32. The van der Waals surface area contributed by atoms with Gasteiger partial charge in [0.05, 0.1) is 10.9 Å². The zero-order valence-corrected chi connectivity index (χ0v) is 10.0. The van der Waals surface area contributed by atoms with Gasteiger partial charge in [-0.15, -0.1) is 0 Å². The van der Waals surface area contributed by atoms with Crippen molar-refractivity contribution in [3.05, 3.63) is 23.7 Å². The molecule has 0 atom stereocenters. The molecule has 5 heteroatoms. The van der Waals surface area contributed by atoms with Gasteiger partial charge in [0.2, 0.25) is 0 Å². The van der Waals surface area contributed by atoms with Crippen molar-refractivity contribution in [1.82, 2.24) is 19.7 Å². The number of pyridine rings is 2. The Morgan fingerprint density at radius 2 is 2.00 bits per heavy atom. The van der Waals surface area contributed by atoms with Crippen LogP contribution in [-0.2, 0) is 7.05 Å². The van der Waals surface area contributed by atoms with Gasteiger partial charge in [-0.05, 0) is 19.9 Å². The van der Waals surface area contributed by atoms with E-state index in [1.165, 1.54) is 0 Å². The van der Waals surface area contributed by atoms with E-state index in [0.717, 1.165) is 33.2 Å². The second-order valence-corrected chi connectivity index (χ2v) is 4.31. The van der Waals surface area contributed by atoms with E-state index in [2.05, 4.69) is 15.1 Å². The number of anilines is 1. The lowest BCUT2D eigenvalue weighted by atomic mass is 10.1. The van der Waals surface area contributed by atoms with Gasteiger partial charge in [0.1, 0.15) is 11.3 Å². The first kappa shape index (κ1) is 10.0. The highest BCUT2D eigenvalue weighted by Crippen LogP contribution is 2.28. The molecule has 0 aliphatic heterocycles. The first-order valence-electron chi connectivity index (χ1n) is 5.43. The highest BCUT2D eigenvalue weighted by atomic mass is 15.2. The summed E-state index contributed by atoms with van der Waals surface area (Å²) in [5.74, 6) is 0.519. The number of rotatable bonds is 0. The molecule has 0 unspecified atom stereocenters. The molecule has 3 aromatic heterocycles. The third-order valence-electron chi connectivity index (χ3n) is 2.89. The SMILES string of the molecule is Cc1cc2nc(N)c3cn(C)nc3c2c(C)n1. The fourth-order valence-electron chi connectivity index (χ4n) is 2.24. The fourth-order valence-corrected chi connectivity index (χ4v) is 2.24. The van der Waals surface area contributed by atoms with E-state index in [1.54, 1.807) is 4.68 Å². The van der Waals surface area contributed by atoms with Crippen molar-refractivity contribution in [3.63, 3.8) is 0 Å². The minimum atomic E-state index is 0.519.